The highest BCUT2D eigenvalue weighted by Crippen LogP contribution is 2.44. The number of nitrogens with zero attached hydrogens (tertiary/aromatic N) is 9. The number of rotatable bonds is 10. The molecule has 6 aliphatic rings. The molecule has 1 spiro atoms. The van der Waals surface area contributed by atoms with Gasteiger partial charge in [0.2, 0.25) is 65.0 Å². The smallest absolute Gasteiger partial charge is 0.350 e. The van der Waals surface area contributed by atoms with Crippen molar-refractivity contribution in [3.63, 3.8) is 0 Å². The number of piperidine rings is 1. The number of hydrogen-bond acceptors (Lipinski definition) is 12. The number of alkyl halides is 4. The van der Waals surface area contributed by atoms with Gasteiger partial charge in [0.25, 0.3) is 0 Å². The Morgan fingerprint density at radius 3 is 1.91 bits per heavy atom. The van der Waals surface area contributed by atoms with Crippen LogP contribution < -0.4 is 16.0 Å². The summed E-state index contributed by atoms with van der Waals surface area (Å²) in [5.74, 6) is -6.75. The summed E-state index contributed by atoms with van der Waals surface area (Å²) >= 11 is 6.37. The second kappa shape index (κ2) is 35.5. The Morgan fingerprint density at radius 2 is 1.30 bits per heavy atom. The minimum absolute atomic E-state index is 0.00233. The maximum atomic E-state index is 15.8. The van der Waals surface area contributed by atoms with E-state index in [4.69, 9.17) is 18.0 Å². The van der Waals surface area contributed by atoms with Gasteiger partial charge in [0.15, 0.2) is 0 Å². The molecule has 0 aromatic heterocycles. The van der Waals surface area contributed by atoms with Crippen LogP contribution in [0.1, 0.15) is 175 Å². The first kappa shape index (κ1) is 78.8. The van der Waals surface area contributed by atoms with Gasteiger partial charge < -0.3 is 55.1 Å². The second-order valence-electron chi connectivity index (χ2n) is 29.0. The van der Waals surface area contributed by atoms with Gasteiger partial charge in [-0.25, -0.2) is 0 Å². The monoisotopic (exact) mass is 1370 g/mol. The van der Waals surface area contributed by atoms with Crippen LogP contribution in [0.3, 0.4) is 0 Å². The third-order valence-corrected chi connectivity index (χ3v) is 22.0. The van der Waals surface area contributed by atoms with Gasteiger partial charge in [-0.3, -0.25) is 57.6 Å². The average molecular weight is 1380 g/mol. The van der Waals surface area contributed by atoms with E-state index in [0.29, 0.717) is 51.6 Å². The minimum atomic E-state index is -4.51. The number of terminal acetylenes is 1. The third-order valence-electron chi connectivity index (χ3n) is 21.5. The molecule has 3 N–H and O–H groups in total. The van der Waals surface area contributed by atoms with Crippen molar-refractivity contribution >= 4 is 76.6 Å². The highest BCUT2D eigenvalue weighted by atomic mass is 35.5. The molecular formula is C69H110ClF3N12O11. The average Bonchev–Trinajstić information content (AvgIpc) is 1.40. The molecule has 3 heterocycles. The highest BCUT2D eigenvalue weighted by Gasteiger charge is 2.52. The molecule has 11 atom stereocenters. The van der Waals surface area contributed by atoms with Crippen molar-refractivity contribution in [1.29, 1.82) is 0 Å². The number of nitrogens with one attached hydrogen (secondary N) is 3. The first-order valence-electron chi connectivity index (χ1n) is 35.1. The molecule has 540 valence electrons. The summed E-state index contributed by atoms with van der Waals surface area (Å²) in [6, 6.07) is -7.84. The van der Waals surface area contributed by atoms with Crippen LogP contribution in [-0.2, 0) is 52.7 Å². The predicted octanol–water partition coefficient (Wildman–Crippen LogP) is 5.01. The van der Waals surface area contributed by atoms with Gasteiger partial charge >= 0.3 is 6.18 Å². The number of carbonyl (C=O) groups is 11. The van der Waals surface area contributed by atoms with Crippen LogP contribution >= 0.6 is 11.6 Å². The normalized spacial score (nSPS) is 29.8. The summed E-state index contributed by atoms with van der Waals surface area (Å²) in [6.45, 7) is 7.53. The standard InChI is InChI=1S/C69H110ClF3N12O11/c1-13-24-53-64(93)79(8)41-56(86)74-50(31-29-46-28-30-48(49(70)38-46)69(71,72)73)63(92)85-36-23-27-52(85)62(91)76-68(32-19-20-33-68)67(96)83(12)60(47-25-17-15-18-26-47)66(95)82(11)55(65(94)84-34-21-16-22-35-84)39-57(87)81(10)54(37-44(3)4)61(90)75-51(45(5)14-2)40-77(6)42-58(88)78(7)43-59(89)80(53)9/h1,44-55,60H,14-43H2,2-12H3,(H,74,86)(H,75,90)(H,76,91)/t45-,46?,48?,49?,50-,51+,52-,53-,54-,55-,60-/m0/s1. The van der Waals surface area contributed by atoms with Crippen LogP contribution in [0.4, 0.5) is 13.2 Å². The van der Waals surface area contributed by atoms with E-state index in [-0.39, 0.29) is 108 Å². The molecule has 0 aromatic carbocycles. The van der Waals surface area contributed by atoms with Gasteiger partial charge in [-0.15, -0.1) is 23.9 Å². The fraction of sp³-hybridized carbons (Fsp3) is 0.812. The van der Waals surface area contributed by atoms with E-state index in [0.717, 1.165) is 48.3 Å². The Kier molecular flexibility index (Phi) is 29.1. The Bertz CT molecular complexity index is 2790. The lowest BCUT2D eigenvalue weighted by Gasteiger charge is -2.43. The lowest BCUT2D eigenvalue weighted by atomic mass is 9.78. The highest BCUT2D eigenvalue weighted by molar-refractivity contribution is 6.20. The molecule has 23 nitrogen and oxygen atoms in total. The molecule has 3 saturated carbocycles. The third kappa shape index (κ3) is 20.2. The molecular weight excluding hydrogens is 1270 g/mol. The second-order valence-corrected chi connectivity index (χ2v) is 29.6. The fourth-order valence-corrected chi connectivity index (χ4v) is 15.8. The van der Waals surface area contributed by atoms with Gasteiger partial charge in [0.1, 0.15) is 41.8 Å². The molecule has 3 unspecified atom stereocenters. The van der Waals surface area contributed by atoms with E-state index in [9.17, 15) is 37.1 Å². The van der Waals surface area contributed by atoms with Crippen LogP contribution in [0.2, 0.25) is 0 Å². The van der Waals surface area contributed by atoms with Crippen LogP contribution in [0.25, 0.3) is 0 Å². The van der Waals surface area contributed by atoms with Gasteiger partial charge in [0.05, 0.1) is 32.0 Å². The summed E-state index contributed by atoms with van der Waals surface area (Å²) < 4.78 is 41.8. The van der Waals surface area contributed by atoms with E-state index in [1.165, 1.54) is 59.7 Å². The zero-order chi connectivity index (χ0) is 71.1. The van der Waals surface area contributed by atoms with Gasteiger partial charge in [-0.2, -0.15) is 13.2 Å². The van der Waals surface area contributed by atoms with E-state index >= 15 is 28.8 Å². The van der Waals surface area contributed by atoms with Gasteiger partial charge in [0, 0.05) is 86.3 Å². The predicted molar refractivity (Wildman–Crippen MR) is 357 cm³/mol. The number of fused-ring (bicyclic) bond motifs is 1. The van der Waals surface area contributed by atoms with E-state index < -0.39 is 150 Å². The van der Waals surface area contributed by atoms with Crippen molar-refractivity contribution in [3.05, 3.63) is 0 Å². The van der Waals surface area contributed by atoms with Gasteiger partial charge in [-0.05, 0) is 127 Å². The Labute approximate surface area is 572 Å². The van der Waals surface area contributed by atoms with Crippen LogP contribution in [0.5, 0.6) is 0 Å². The van der Waals surface area contributed by atoms with Crippen LogP contribution in [0.15, 0.2) is 0 Å². The largest absolute Gasteiger partial charge is 0.393 e. The maximum Gasteiger partial charge on any atom is 0.393 e. The van der Waals surface area contributed by atoms with Crippen LogP contribution in [0, 0.1) is 41.9 Å². The Balaban J connectivity index is 1.40. The Morgan fingerprint density at radius 1 is 0.667 bits per heavy atom. The summed E-state index contributed by atoms with van der Waals surface area (Å²) in [5, 5.41) is 7.83. The number of halogens is 4. The zero-order valence-electron chi connectivity index (χ0n) is 58.8. The van der Waals surface area contributed by atoms with Crippen molar-refractivity contribution in [2.24, 2.45) is 29.6 Å². The molecule has 6 fully saturated rings. The van der Waals surface area contributed by atoms with E-state index in [1.807, 2.05) is 27.7 Å². The maximum absolute atomic E-state index is 15.8. The number of amides is 11. The topological polar surface area (TPSA) is 253 Å². The quantitative estimate of drug-likeness (QED) is 0.193. The summed E-state index contributed by atoms with van der Waals surface area (Å²) in [5.41, 5.74) is -1.54. The van der Waals surface area contributed by atoms with E-state index in [2.05, 4.69) is 21.9 Å². The molecule has 3 aliphatic carbocycles. The molecule has 0 aromatic rings. The first-order chi connectivity index (χ1) is 45.2. The van der Waals surface area contributed by atoms with Crippen molar-refractivity contribution in [3.8, 4) is 12.3 Å². The van der Waals surface area contributed by atoms with Crippen molar-refractivity contribution < 1.29 is 65.9 Å². The number of likely N-dealkylation sites (tertiary alicyclic amines) is 1. The molecule has 96 heavy (non-hydrogen) atoms. The van der Waals surface area contributed by atoms with Gasteiger partial charge in [-0.1, -0.05) is 66.2 Å². The number of carbonyl (C=O) groups excluding carboxylic acids is 11. The molecule has 6 rings (SSSR count). The molecule has 3 saturated heterocycles. The lowest BCUT2D eigenvalue weighted by Crippen LogP contribution is -2.65. The fourth-order valence-electron chi connectivity index (χ4n) is 15.3. The number of hydrogen-bond donors (Lipinski definition) is 3. The molecule has 3 aliphatic heterocycles. The summed E-state index contributed by atoms with van der Waals surface area (Å²) in [4.78, 5) is 175. The van der Waals surface area contributed by atoms with E-state index in [1.54, 1.807) is 23.9 Å². The first-order valence-corrected chi connectivity index (χ1v) is 35.6. The lowest BCUT2D eigenvalue weighted by molar-refractivity contribution is -0.182. The van der Waals surface area contributed by atoms with Crippen LogP contribution in [-0.4, -0.2) is 264 Å². The van der Waals surface area contributed by atoms with Crippen molar-refractivity contribution in [1.82, 2.24) is 60.0 Å². The zero-order valence-corrected chi connectivity index (χ0v) is 59.6. The molecule has 0 radical (unpaired) electrons. The molecule has 11 amide bonds. The minimum Gasteiger partial charge on any atom is -0.350 e. The number of likely N-dealkylation sites (N-methyl/N-ethyl adjacent to an activating group) is 7. The van der Waals surface area contributed by atoms with Crippen molar-refractivity contribution in [2.45, 2.75) is 235 Å². The summed E-state index contributed by atoms with van der Waals surface area (Å²) in [6.07, 6.45) is 9.31. The SMILES string of the molecule is C#CC[C@H]1C(=O)N(C)CC(=O)N[C@@H](CCC2CCC(C(F)(F)F)C(Cl)C2)C(=O)N2CCC[C@H]2C(=O)NC2(CCCC2)C(=O)N(C)[C@@H](C2CCCCC2)C(=O)N(C)[C@H](C(=O)N2CCCCC2)CC(=O)N(C)[C@@H](CC(C)C)C(=O)N[C@@H]([C@@H](C)CC)CN(C)CC(=O)N(C)CC(=O)N1C. The van der Waals surface area contributed by atoms with Crippen molar-refractivity contribution in [2.75, 3.05) is 95.1 Å². The molecule has 0 bridgehead atoms. The summed E-state index contributed by atoms with van der Waals surface area (Å²) in [7, 11) is 10.3. The Hall–Kier alpha value is -6.23. The molecule has 27 heteroatoms.